The lowest BCUT2D eigenvalue weighted by molar-refractivity contribution is -0.119. The highest BCUT2D eigenvalue weighted by Crippen LogP contribution is 2.34. The molecule has 0 aliphatic carbocycles. The average Bonchev–Trinajstić information content (AvgIpc) is 3.30. The topological polar surface area (TPSA) is 124 Å². The highest BCUT2D eigenvalue weighted by atomic mass is 32.2. The number of fused-ring (bicyclic) bond motifs is 1. The summed E-state index contributed by atoms with van der Waals surface area (Å²) in [6.45, 7) is 1.28. The Balaban J connectivity index is 1.49. The predicted molar refractivity (Wildman–Crippen MR) is 93.9 cm³/mol. The van der Waals surface area contributed by atoms with Gasteiger partial charge in [-0.3, -0.25) is 10.1 Å². The van der Waals surface area contributed by atoms with E-state index in [9.17, 15) is 13.2 Å². The Kier molecular flexibility index (Phi) is 4.48. The lowest BCUT2D eigenvalue weighted by Crippen LogP contribution is -2.42. The van der Waals surface area contributed by atoms with Crippen LogP contribution in [0.25, 0.3) is 11.5 Å². The third-order valence-corrected chi connectivity index (χ3v) is 5.67. The van der Waals surface area contributed by atoms with E-state index in [2.05, 4.69) is 15.5 Å². The second kappa shape index (κ2) is 6.82. The van der Waals surface area contributed by atoms with E-state index in [4.69, 9.17) is 13.9 Å². The molecule has 0 radical (unpaired) electrons. The van der Waals surface area contributed by atoms with E-state index < -0.39 is 22.0 Å². The van der Waals surface area contributed by atoms with Crippen LogP contribution < -0.4 is 14.8 Å². The Morgan fingerprint density at radius 1 is 1.22 bits per heavy atom. The first-order valence-corrected chi connectivity index (χ1v) is 10.3. The van der Waals surface area contributed by atoms with Crippen LogP contribution in [0.15, 0.2) is 22.6 Å². The summed E-state index contributed by atoms with van der Waals surface area (Å²) >= 11 is 0. The molecular weight excluding hydrogens is 376 g/mol. The first-order valence-electron chi connectivity index (χ1n) is 8.43. The van der Waals surface area contributed by atoms with E-state index in [0.29, 0.717) is 49.7 Å². The standard InChI is InChI=1S/C16H18N4O6S/c1-27(22,23)20-6-2-3-11(20)14(21)17-16-19-18-15(26-16)10-4-5-12-13(9-10)25-8-7-24-12/h4-5,9,11H,2-3,6-8H2,1H3,(H,17,19,21). The summed E-state index contributed by atoms with van der Waals surface area (Å²) in [4.78, 5) is 12.4. The number of rotatable bonds is 4. The first-order chi connectivity index (χ1) is 12.9. The van der Waals surface area contributed by atoms with Gasteiger partial charge in [-0.2, -0.15) is 4.31 Å². The van der Waals surface area contributed by atoms with Crippen molar-refractivity contribution in [2.75, 3.05) is 31.3 Å². The zero-order valence-corrected chi connectivity index (χ0v) is 15.4. The van der Waals surface area contributed by atoms with Gasteiger partial charge in [-0.1, -0.05) is 5.10 Å². The van der Waals surface area contributed by atoms with E-state index in [1.165, 1.54) is 4.31 Å². The summed E-state index contributed by atoms with van der Waals surface area (Å²) < 4.78 is 41.2. The van der Waals surface area contributed by atoms with Crippen LogP contribution in [0.5, 0.6) is 11.5 Å². The van der Waals surface area contributed by atoms with Gasteiger partial charge in [0.05, 0.1) is 6.26 Å². The average molecular weight is 394 g/mol. The van der Waals surface area contributed by atoms with Crippen molar-refractivity contribution in [3.63, 3.8) is 0 Å². The van der Waals surface area contributed by atoms with Crippen molar-refractivity contribution in [3.05, 3.63) is 18.2 Å². The van der Waals surface area contributed by atoms with Crippen LogP contribution in [0.3, 0.4) is 0 Å². The molecule has 1 unspecified atom stereocenters. The maximum atomic E-state index is 12.4. The van der Waals surface area contributed by atoms with Gasteiger partial charge in [-0.05, 0) is 31.0 Å². The van der Waals surface area contributed by atoms with Gasteiger partial charge in [0.1, 0.15) is 19.3 Å². The maximum Gasteiger partial charge on any atom is 0.322 e. The molecule has 1 saturated heterocycles. The van der Waals surface area contributed by atoms with Crippen molar-refractivity contribution >= 4 is 21.9 Å². The number of hydrogen-bond donors (Lipinski definition) is 1. The van der Waals surface area contributed by atoms with Gasteiger partial charge in [0.15, 0.2) is 11.5 Å². The molecule has 3 heterocycles. The number of nitrogens with one attached hydrogen (secondary N) is 1. The number of anilines is 1. The van der Waals surface area contributed by atoms with Crippen LogP contribution in [-0.2, 0) is 14.8 Å². The summed E-state index contributed by atoms with van der Waals surface area (Å²) in [5.41, 5.74) is 0.617. The van der Waals surface area contributed by atoms with E-state index in [1.807, 2.05) is 0 Å². The van der Waals surface area contributed by atoms with Crippen molar-refractivity contribution in [3.8, 4) is 23.0 Å². The van der Waals surface area contributed by atoms with Crippen LogP contribution in [-0.4, -0.2) is 60.9 Å². The highest BCUT2D eigenvalue weighted by Gasteiger charge is 2.37. The molecule has 11 heteroatoms. The number of amides is 1. The van der Waals surface area contributed by atoms with E-state index >= 15 is 0 Å². The van der Waals surface area contributed by atoms with Gasteiger partial charge in [-0.25, -0.2) is 8.42 Å². The summed E-state index contributed by atoms with van der Waals surface area (Å²) in [5.74, 6) is 0.932. The van der Waals surface area contributed by atoms with Gasteiger partial charge in [0, 0.05) is 12.1 Å². The monoisotopic (exact) mass is 394 g/mol. The fourth-order valence-corrected chi connectivity index (χ4v) is 4.28. The quantitative estimate of drug-likeness (QED) is 0.810. The lowest BCUT2D eigenvalue weighted by Gasteiger charge is -2.20. The molecule has 1 aromatic carbocycles. The number of ether oxygens (including phenoxy) is 2. The third kappa shape index (κ3) is 3.60. The predicted octanol–water partition coefficient (Wildman–Crippen LogP) is 0.870. The third-order valence-electron chi connectivity index (χ3n) is 4.38. The van der Waals surface area contributed by atoms with Crippen LogP contribution in [0, 0.1) is 0 Å². The SMILES string of the molecule is CS(=O)(=O)N1CCCC1C(=O)Nc1nnc(-c2ccc3c(c2)OCCO3)o1. The molecular formula is C16H18N4O6S. The molecule has 1 N–H and O–H groups in total. The molecule has 2 aliphatic heterocycles. The minimum absolute atomic E-state index is 0.0924. The summed E-state index contributed by atoms with van der Waals surface area (Å²) in [6, 6.07) is 4.34. The normalized spacial score (nSPS) is 19.8. The Hall–Kier alpha value is -2.66. The van der Waals surface area contributed by atoms with E-state index in [1.54, 1.807) is 18.2 Å². The van der Waals surface area contributed by atoms with Gasteiger partial charge >= 0.3 is 6.01 Å². The molecule has 0 saturated carbocycles. The minimum Gasteiger partial charge on any atom is -0.486 e. The number of benzene rings is 1. The fourth-order valence-electron chi connectivity index (χ4n) is 3.15. The van der Waals surface area contributed by atoms with Crippen LogP contribution in [0.2, 0.25) is 0 Å². The Bertz CT molecular complexity index is 973. The molecule has 1 fully saturated rings. The molecule has 27 heavy (non-hydrogen) atoms. The molecule has 0 spiro atoms. The summed E-state index contributed by atoms with van der Waals surface area (Å²) in [5, 5.41) is 10.2. The molecule has 1 atom stereocenters. The molecule has 2 aliphatic rings. The lowest BCUT2D eigenvalue weighted by atomic mass is 10.2. The van der Waals surface area contributed by atoms with Crippen LogP contribution in [0.1, 0.15) is 12.8 Å². The van der Waals surface area contributed by atoms with Crippen molar-refractivity contribution in [1.82, 2.24) is 14.5 Å². The smallest absolute Gasteiger partial charge is 0.322 e. The molecule has 1 amide bonds. The summed E-state index contributed by atoms with van der Waals surface area (Å²) in [6.07, 6.45) is 2.16. The number of nitrogens with zero attached hydrogens (tertiary/aromatic N) is 3. The van der Waals surface area contributed by atoms with Crippen molar-refractivity contribution in [2.24, 2.45) is 0 Å². The largest absolute Gasteiger partial charge is 0.486 e. The zero-order chi connectivity index (χ0) is 19.0. The van der Waals surface area contributed by atoms with E-state index in [0.717, 1.165) is 6.26 Å². The molecule has 1 aromatic heterocycles. The Morgan fingerprint density at radius 3 is 2.78 bits per heavy atom. The van der Waals surface area contributed by atoms with E-state index in [-0.39, 0.29) is 11.9 Å². The second-order valence-electron chi connectivity index (χ2n) is 6.29. The maximum absolute atomic E-state index is 12.4. The zero-order valence-electron chi connectivity index (χ0n) is 14.5. The van der Waals surface area contributed by atoms with Crippen LogP contribution >= 0.6 is 0 Å². The van der Waals surface area contributed by atoms with Gasteiger partial charge in [0.2, 0.25) is 21.8 Å². The number of carbonyl (C=O) groups excluding carboxylic acids is 1. The van der Waals surface area contributed by atoms with Crippen LogP contribution in [0.4, 0.5) is 6.01 Å². The van der Waals surface area contributed by atoms with Gasteiger partial charge < -0.3 is 13.9 Å². The Labute approximate surface area is 155 Å². The molecule has 4 rings (SSSR count). The van der Waals surface area contributed by atoms with Crippen molar-refractivity contribution < 1.29 is 27.1 Å². The highest BCUT2D eigenvalue weighted by molar-refractivity contribution is 7.88. The minimum atomic E-state index is -3.46. The summed E-state index contributed by atoms with van der Waals surface area (Å²) in [7, 11) is -3.46. The van der Waals surface area contributed by atoms with Crippen molar-refractivity contribution in [2.45, 2.75) is 18.9 Å². The fraction of sp³-hybridized carbons (Fsp3) is 0.438. The Morgan fingerprint density at radius 2 is 2.00 bits per heavy atom. The molecule has 0 bridgehead atoms. The second-order valence-corrected chi connectivity index (χ2v) is 8.23. The molecule has 10 nitrogen and oxygen atoms in total. The molecule has 144 valence electrons. The van der Waals surface area contributed by atoms with Gasteiger partial charge in [0.25, 0.3) is 0 Å². The van der Waals surface area contributed by atoms with Gasteiger partial charge in [-0.15, -0.1) is 5.10 Å². The van der Waals surface area contributed by atoms with Crippen molar-refractivity contribution in [1.29, 1.82) is 0 Å². The first kappa shape index (κ1) is 17.7. The number of hydrogen-bond acceptors (Lipinski definition) is 8. The number of aromatic nitrogens is 2. The molecule has 2 aromatic rings. The number of carbonyl (C=O) groups is 1. The number of sulfonamides is 1.